The van der Waals surface area contributed by atoms with Crippen molar-refractivity contribution in [1.82, 2.24) is 24.7 Å². The zero-order chi connectivity index (χ0) is 32.1. The number of carbonyl (C=O) groups is 2. The lowest BCUT2D eigenvalue weighted by molar-refractivity contribution is 0.0251. The number of benzene rings is 2. The highest BCUT2D eigenvalue weighted by atomic mass is 19.1. The molecule has 0 radical (unpaired) electrons. The van der Waals surface area contributed by atoms with Gasteiger partial charge in [0.05, 0.1) is 30.9 Å². The van der Waals surface area contributed by atoms with Crippen LogP contribution in [-0.4, -0.2) is 93.4 Å². The van der Waals surface area contributed by atoms with Crippen molar-refractivity contribution in [3.8, 4) is 11.3 Å². The number of aliphatic hydroxyl groups is 1. The third kappa shape index (κ3) is 7.59. The third-order valence-corrected chi connectivity index (χ3v) is 8.49. The Kier molecular flexibility index (Phi) is 10.3. The number of nitrogens with zero attached hydrogens (tertiary/aromatic N) is 4. The number of urea groups is 1. The summed E-state index contributed by atoms with van der Waals surface area (Å²) in [6, 6.07) is 10.6. The van der Waals surface area contributed by atoms with Crippen molar-refractivity contribution < 1.29 is 37.7 Å². The van der Waals surface area contributed by atoms with Crippen molar-refractivity contribution in [3.05, 3.63) is 77.8 Å². The zero-order valence-electron chi connectivity index (χ0n) is 25.0. The van der Waals surface area contributed by atoms with Crippen LogP contribution in [0.1, 0.15) is 37.2 Å². The lowest BCUT2D eigenvalue weighted by Crippen LogP contribution is -2.51. The van der Waals surface area contributed by atoms with Crippen molar-refractivity contribution >= 4 is 12.1 Å². The van der Waals surface area contributed by atoms with Crippen LogP contribution in [0.15, 0.2) is 54.7 Å². The van der Waals surface area contributed by atoms with Gasteiger partial charge in [0.2, 0.25) is 0 Å². The summed E-state index contributed by atoms with van der Waals surface area (Å²) in [6.45, 7) is 1.86. The van der Waals surface area contributed by atoms with Crippen LogP contribution < -0.4 is 5.32 Å². The number of halogens is 3. The molecule has 3 N–H and O–H groups in total. The molecule has 2 saturated heterocycles. The number of carbonyl (C=O) groups excluding carboxylic acids is 1. The number of likely N-dealkylation sites (tertiary alicyclic amines) is 1. The number of nitrogens with one attached hydrogen (secondary N) is 1. The lowest BCUT2D eigenvalue weighted by Gasteiger charge is -2.40. The van der Waals surface area contributed by atoms with Gasteiger partial charge in [-0.25, -0.2) is 27.7 Å². The molecule has 2 fully saturated rings. The molecule has 2 aliphatic heterocycles. The van der Waals surface area contributed by atoms with Crippen LogP contribution in [0, 0.1) is 23.5 Å². The number of carboxylic acid groups (broad SMARTS) is 1. The first-order chi connectivity index (χ1) is 21.6. The summed E-state index contributed by atoms with van der Waals surface area (Å²) in [5.74, 6) is -1.95. The number of aliphatic hydroxyl groups excluding tert-OH is 1. The minimum absolute atomic E-state index is 0.0459. The zero-order valence-corrected chi connectivity index (χ0v) is 25.0. The molecule has 45 heavy (non-hydrogen) atoms. The van der Waals surface area contributed by atoms with E-state index in [-0.39, 0.29) is 43.4 Å². The normalized spacial score (nSPS) is 20.2. The molecule has 13 heteroatoms. The monoisotopic (exact) mass is 629 g/mol. The first kappa shape index (κ1) is 32.3. The van der Waals surface area contributed by atoms with Crippen LogP contribution in [0.5, 0.6) is 0 Å². The van der Waals surface area contributed by atoms with Crippen LogP contribution in [0.4, 0.5) is 22.8 Å². The van der Waals surface area contributed by atoms with Crippen molar-refractivity contribution in [1.29, 1.82) is 0 Å². The number of hydrogen-bond donors (Lipinski definition) is 3. The number of imidazole rings is 1. The number of aromatic nitrogens is 2. The van der Waals surface area contributed by atoms with Gasteiger partial charge in [0.25, 0.3) is 0 Å². The second kappa shape index (κ2) is 14.3. The van der Waals surface area contributed by atoms with Crippen LogP contribution in [0.25, 0.3) is 11.3 Å². The predicted octanol–water partition coefficient (Wildman–Crippen LogP) is 4.68. The Morgan fingerprint density at radius 3 is 2.53 bits per heavy atom. The van der Waals surface area contributed by atoms with E-state index in [9.17, 15) is 24.2 Å². The molecule has 5 rings (SSSR count). The Labute approximate surface area is 259 Å². The molecule has 10 nitrogen and oxygen atoms in total. The Morgan fingerprint density at radius 1 is 1.13 bits per heavy atom. The van der Waals surface area contributed by atoms with Crippen LogP contribution in [0.2, 0.25) is 0 Å². The van der Waals surface area contributed by atoms with E-state index in [2.05, 4.69) is 5.32 Å². The topological polar surface area (TPSA) is 120 Å². The van der Waals surface area contributed by atoms with Crippen molar-refractivity contribution in [2.45, 2.75) is 44.6 Å². The SMILES string of the molecule is CC(CO)NC(=O)N(CC1CN(C(=O)O)CC1F)[C@@H](c1nc(-c2cc(F)ccc2F)cn1Cc1ccccc1)C1CCOCC1. The summed E-state index contributed by atoms with van der Waals surface area (Å²) in [6.07, 6.45) is -0.0547. The fraction of sp³-hybridized carbons (Fsp3) is 0.469. The molecule has 3 unspecified atom stereocenters. The molecule has 2 aliphatic rings. The molecular formula is C32H38F3N5O5. The Morgan fingerprint density at radius 2 is 1.87 bits per heavy atom. The minimum Gasteiger partial charge on any atom is -0.465 e. The molecule has 3 aromatic rings. The van der Waals surface area contributed by atoms with Gasteiger partial charge in [0, 0.05) is 50.5 Å². The van der Waals surface area contributed by atoms with E-state index in [4.69, 9.17) is 9.72 Å². The molecular weight excluding hydrogens is 591 g/mol. The number of hydrogen-bond acceptors (Lipinski definition) is 5. The number of amides is 3. The van der Waals surface area contributed by atoms with Crippen LogP contribution in [-0.2, 0) is 11.3 Å². The summed E-state index contributed by atoms with van der Waals surface area (Å²) in [5, 5.41) is 22.0. The average Bonchev–Trinajstić information content (AvgIpc) is 3.62. The molecule has 3 amide bonds. The van der Waals surface area contributed by atoms with E-state index in [1.54, 1.807) is 17.7 Å². The molecule has 1 aromatic heterocycles. The average molecular weight is 630 g/mol. The Hall–Kier alpha value is -4.10. The standard InChI is InChI=1S/C32H38F3N5O5/c1-20(19-41)36-31(42)40(16-23-15-39(32(43)44)17-27(23)35)29(22-9-11-45-12-10-22)30-37-28(25-13-24(33)7-8-26(25)34)18-38(30)14-21-5-3-2-4-6-21/h2-8,13,18,20,22-23,27,29,41H,9-12,14-17,19H2,1H3,(H,36,42)(H,43,44)/t20?,23?,27?,29-/m1/s1. The van der Waals surface area contributed by atoms with Crippen LogP contribution >= 0.6 is 0 Å². The summed E-state index contributed by atoms with van der Waals surface area (Å²) >= 11 is 0. The molecule has 4 atom stereocenters. The summed E-state index contributed by atoms with van der Waals surface area (Å²) in [7, 11) is 0. The number of alkyl halides is 1. The molecule has 0 aliphatic carbocycles. The highest BCUT2D eigenvalue weighted by Gasteiger charge is 2.42. The van der Waals surface area contributed by atoms with E-state index in [1.165, 1.54) is 4.90 Å². The fourth-order valence-corrected chi connectivity index (χ4v) is 6.11. The third-order valence-electron chi connectivity index (χ3n) is 8.49. The van der Waals surface area contributed by atoms with Gasteiger partial charge >= 0.3 is 12.1 Å². The maximum Gasteiger partial charge on any atom is 0.407 e. The Bertz CT molecular complexity index is 1470. The van der Waals surface area contributed by atoms with Crippen molar-refractivity contribution in [3.63, 3.8) is 0 Å². The van der Waals surface area contributed by atoms with E-state index < -0.39 is 47.9 Å². The predicted molar refractivity (Wildman–Crippen MR) is 159 cm³/mol. The van der Waals surface area contributed by atoms with E-state index >= 15 is 8.78 Å². The maximum atomic E-state index is 15.3. The molecule has 0 bridgehead atoms. The largest absolute Gasteiger partial charge is 0.465 e. The number of rotatable bonds is 10. The molecule has 2 aromatic carbocycles. The van der Waals surface area contributed by atoms with Gasteiger partial charge in [-0.3, -0.25) is 0 Å². The first-order valence-corrected chi connectivity index (χ1v) is 15.1. The lowest BCUT2D eigenvalue weighted by atomic mass is 9.89. The van der Waals surface area contributed by atoms with Gasteiger partial charge in [0.1, 0.15) is 23.6 Å². The van der Waals surface area contributed by atoms with E-state index in [0.29, 0.717) is 38.4 Å². The smallest absolute Gasteiger partial charge is 0.407 e. The van der Waals surface area contributed by atoms with Gasteiger partial charge in [-0.15, -0.1) is 0 Å². The quantitative estimate of drug-likeness (QED) is 0.300. The summed E-state index contributed by atoms with van der Waals surface area (Å²) < 4.78 is 52.1. The van der Waals surface area contributed by atoms with Crippen molar-refractivity contribution in [2.75, 3.05) is 39.5 Å². The van der Waals surface area contributed by atoms with Gasteiger partial charge in [0.15, 0.2) is 0 Å². The number of ether oxygens (including phenoxy) is 1. The molecule has 0 spiro atoms. The molecule has 3 heterocycles. The van der Waals surface area contributed by atoms with Gasteiger partial charge in [-0.2, -0.15) is 0 Å². The van der Waals surface area contributed by atoms with Gasteiger partial charge < -0.3 is 34.6 Å². The second-order valence-electron chi connectivity index (χ2n) is 11.8. The first-order valence-electron chi connectivity index (χ1n) is 15.1. The van der Waals surface area contributed by atoms with E-state index in [1.807, 2.05) is 30.3 Å². The summed E-state index contributed by atoms with van der Waals surface area (Å²) in [4.78, 5) is 33.0. The second-order valence-corrected chi connectivity index (χ2v) is 11.8. The van der Waals surface area contributed by atoms with Crippen molar-refractivity contribution in [2.24, 2.45) is 11.8 Å². The summed E-state index contributed by atoms with van der Waals surface area (Å²) in [5.41, 5.74) is 1.02. The van der Waals surface area contributed by atoms with E-state index in [0.717, 1.165) is 28.7 Å². The molecule has 0 saturated carbocycles. The van der Waals surface area contributed by atoms with Gasteiger partial charge in [-0.1, -0.05) is 30.3 Å². The minimum atomic E-state index is -1.51. The Balaban J connectivity index is 1.64. The van der Waals surface area contributed by atoms with Gasteiger partial charge in [-0.05, 0) is 49.4 Å². The molecule has 242 valence electrons. The fourth-order valence-electron chi connectivity index (χ4n) is 6.11. The maximum absolute atomic E-state index is 15.3. The highest BCUT2D eigenvalue weighted by Crippen LogP contribution is 2.38. The highest BCUT2D eigenvalue weighted by molar-refractivity contribution is 5.75. The van der Waals surface area contributed by atoms with Crippen LogP contribution in [0.3, 0.4) is 0 Å².